The van der Waals surface area contributed by atoms with Crippen molar-refractivity contribution >= 4 is 17.3 Å². The lowest BCUT2D eigenvalue weighted by atomic mass is 10.1. The molecule has 0 aliphatic carbocycles. The first-order chi connectivity index (χ1) is 13.7. The molecular weight excluding hydrogens is 352 g/mol. The number of amides is 2. The van der Waals surface area contributed by atoms with Gasteiger partial charge in [0.1, 0.15) is 0 Å². The smallest absolute Gasteiger partial charge is 0.257 e. The molecule has 28 heavy (non-hydrogen) atoms. The Labute approximate surface area is 164 Å². The third-order valence-corrected chi connectivity index (χ3v) is 5.40. The first-order valence-electron chi connectivity index (χ1n) is 9.72. The molecule has 2 amide bonds. The van der Waals surface area contributed by atoms with Crippen molar-refractivity contribution in [1.29, 1.82) is 0 Å². The van der Waals surface area contributed by atoms with Crippen molar-refractivity contribution in [3.05, 3.63) is 72.1 Å². The summed E-state index contributed by atoms with van der Waals surface area (Å²) < 4.78 is 1.70. The van der Waals surface area contributed by atoms with Crippen LogP contribution in [0.25, 0.3) is 5.52 Å². The second-order valence-electron chi connectivity index (χ2n) is 7.16. The Morgan fingerprint density at radius 1 is 1.14 bits per heavy atom. The van der Waals surface area contributed by atoms with Gasteiger partial charge in [-0.05, 0) is 24.1 Å². The monoisotopic (exact) mass is 376 g/mol. The van der Waals surface area contributed by atoms with Crippen LogP contribution >= 0.6 is 0 Å². The topological polar surface area (TPSA) is 57.9 Å². The van der Waals surface area contributed by atoms with Gasteiger partial charge in [0.15, 0.2) is 0 Å². The molecule has 2 aromatic heterocycles. The van der Waals surface area contributed by atoms with Gasteiger partial charge >= 0.3 is 0 Å². The number of hydrogen-bond acceptors (Lipinski definition) is 3. The van der Waals surface area contributed by atoms with Crippen LogP contribution in [0.15, 0.2) is 60.9 Å². The van der Waals surface area contributed by atoms with Crippen LogP contribution in [0.5, 0.6) is 0 Å². The van der Waals surface area contributed by atoms with Crippen LogP contribution in [-0.2, 0) is 11.3 Å². The van der Waals surface area contributed by atoms with Crippen LogP contribution in [-0.4, -0.2) is 50.4 Å². The van der Waals surface area contributed by atoms with Gasteiger partial charge in [-0.15, -0.1) is 0 Å². The second kappa shape index (κ2) is 7.84. The molecular formula is C22H24N4O2. The molecule has 1 fully saturated rings. The summed E-state index contributed by atoms with van der Waals surface area (Å²) in [6, 6.07) is 15.7. The maximum Gasteiger partial charge on any atom is 0.257 e. The molecule has 6 nitrogen and oxygen atoms in total. The largest absolute Gasteiger partial charge is 0.336 e. The van der Waals surface area contributed by atoms with E-state index < -0.39 is 0 Å². The number of carbonyl (C=O) groups excluding carboxylic acids is 2. The van der Waals surface area contributed by atoms with Crippen LogP contribution in [0, 0.1) is 0 Å². The number of nitrogens with zero attached hydrogens (tertiary/aromatic N) is 4. The Balaban J connectivity index is 1.57. The van der Waals surface area contributed by atoms with Gasteiger partial charge in [-0.3, -0.25) is 9.59 Å². The number of pyridine rings is 1. The molecule has 1 saturated heterocycles. The van der Waals surface area contributed by atoms with Gasteiger partial charge in [0.05, 0.1) is 17.3 Å². The Hall–Kier alpha value is -3.15. The molecule has 0 saturated carbocycles. The minimum absolute atomic E-state index is 0.000921. The molecule has 1 aliphatic rings. The lowest BCUT2D eigenvalue weighted by Gasteiger charge is -2.31. The van der Waals surface area contributed by atoms with Gasteiger partial charge < -0.3 is 9.80 Å². The molecule has 1 atom stereocenters. The minimum Gasteiger partial charge on any atom is -0.336 e. The van der Waals surface area contributed by atoms with Crippen molar-refractivity contribution < 1.29 is 9.59 Å². The van der Waals surface area contributed by atoms with Crippen LogP contribution < -0.4 is 0 Å². The average molecular weight is 376 g/mol. The number of benzene rings is 1. The Morgan fingerprint density at radius 2 is 1.93 bits per heavy atom. The van der Waals surface area contributed by atoms with Crippen molar-refractivity contribution in [2.24, 2.45) is 0 Å². The summed E-state index contributed by atoms with van der Waals surface area (Å²) in [6.45, 7) is 3.62. The van der Waals surface area contributed by atoms with E-state index in [1.54, 1.807) is 15.6 Å². The summed E-state index contributed by atoms with van der Waals surface area (Å²) >= 11 is 0. The summed E-state index contributed by atoms with van der Waals surface area (Å²) in [4.78, 5) is 29.8. The molecule has 3 heterocycles. The normalized spacial score (nSPS) is 17.8. The molecule has 6 heteroatoms. The summed E-state index contributed by atoms with van der Waals surface area (Å²) in [5, 5.41) is 4.27. The lowest BCUT2D eigenvalue weighted by molar-refractivity contribution is -0.133. The van der Waals surface area contributed by atoms with Gasteiger partial charge in [-0.25, -0.2) is 4.52 Å². The molecule has 0 spiro atoms. The highest BCUT2D eigenvalue weighted by Gasteiger charge is 2.31. The zero-order valence-electron chi connectivity index (χ0n) is 16.0. The predicted octanol–water partition coefficient (Wildman–Crippen LogP) is 2.99. The van der Waals surface area contributed by atoms with E-state index in [1.807, 2.05) is 59.6 Å². The van der Waals surface area contributed by atoms with E-state index >= 15 is 0 Å². The fraction of sp³-hybridized carbons (Fsp3) is 0.318. The maximum atomic E-state index is 13.2. The fourth-order valence-electron chi connectivity index (χ4n) is 3.82. The fourth-order valence-corrected chi connectivity index (χ4v) is 3.82. The number of aromatic nitrogens is 2. The SMILES string of the molecule is CC[C@@H]1CN(C(=O)c2cnn3ccccc23)CCC(=O)N1Cc1ccccc1. The Morgan fingerprint density at radius 3 is 2.71 bits per heavy atom. The van der Waals surface area contributed by atoms with E-state index in [0.29, 0.717) is 31.6 Å². The van der Waals surface area contributed by atoms with Crippen LogP contribution in [0.2, 0.25) is 0 Å². The maximum absolute atomic E-state index is 13.2. The van der Waals surface area contributed by atoms with E-state index in [-0.39, 0.29) is 17.9 Å². The quantitative estimate of drug-likeness (QED) is 0.703. The van der Waals surface area contributed by atoms with Crippen molar-refractivity contribution in [3.8, 4) is 0 Å². The highest BCUT2D eigenvalue weighted by molar-refractivity contribution is 6.00. The van der Waals surface area contributed by atoms with E-state index in [2.05, 4.69) is 12.0 Å². The number of fused-ring (bicyclic) bond motifs is 1. The standard InChI is InChI=1S/C22H24N4O2/c1-2-18-16-24(22(28)19-14-23-26-12-7-6-10-20(19)26)13-11-21(27)25(18)15-17-8-4-3-5-9-17/h3-10,12,14,18H,2,11,13,15-16H2,1H3/t18-/m1/s1. The minimum atomic E-state index is -0.0611. The van der Waals surface area contributed by atoms with E-state index in [4.69, 9.17) is 0 Å². The van der Waals surface area contributed by atoms with Crippen LogP contribution in [0.4, 0.5) is 0 Å². The summed E-state index contributed by atoms with van der Waals surface area (Å²) in [5.41, 5.74) is 2.48. The molecule has 144 valence electrons. The highest BCUT2D eigenvalue weighted by Crippen LogP contribution is 2.20. The molecule has 1 aromatic carbocycles. The van der Waals surface area contributed by atoms with Crippen molar-refractivity contribution in [2.75, 3.05) is 13.1 Å². The molecule has 0 N–H and O–H groups in total. The van der Waals surface area contributed by atoms with Gasteiger partial charge in [0.25, 0.3) is 5.91 Å². The van der Waals surface area contributed by atoms with Crippen LogP contribution in [0.1, 0.15) is 35.7 Å². The third kappa shape index (κ3) is 3.50. The average Bonchev–Trinajstić information content (AvgIpc) is 3.10. The zero-order valence-corrected chi connectivity index (χ0v) is 16.0. The first-order valence-corrected chi connectivity index (χ1v) is 9.72. The van der Waals surface area contributed by atoms with Crippen molar-refractivity contribution in [3.63, 3.8) is 0 Å². The first kappa shape index (κ1) is 18.2. The van der Waals surface area contributed by atoms with Gasteiger partial charge in [-0.2, -0.15) is 5.10 Å². The summed E-state index contributed by atoms with van der Waals surface area (Å²) in [5.74, 6) is 0.0416. The van der Waals surface area contributed by atoms with Crippen molar-refractivity contribution in [1.82, 2.24) is 19.4 Å². The highest BCUT2D eigenvalue weighted by atomic mass is 16.2. The van der Waals surface area contributed by atoms with E-state index in [0.717, 1.165) is 17.5 Å². The molecule has 1 aliphatic heterocycles. The lowest BCUT2D eigenvalue weighted by Crippen LogP contribution is -2.43. The van der Waals surface area contributed by atoms with Crippen molar-refractivity contribution in [2.45, 2.75) is 32.4 Å². The second-order valence-corrected chi connectivity index (χ2v) is 7.16. The summed E-state index contributed by atoms with van der Waals surface area (Å²) in [6.07, 6.45) is 4.59. The molecule has 0 radical (unpaired) electrons. The van der Waals surface area contributed by atoms with Crippen LogP contribution in [0.3, 0.4) is 0 Å². The van der Waals surface area contributed by atoms with Gasteiger partial charge in [0, 0.05) is 38.3 Å². The van der Waals surface area contributed by atoms with Gasteiger partial charge in [-0.1, -0.05) is 43.3 Å². The molecule has 0 bridgehead atoms. The van der Waals surface area contributed by atoms with Gasteiger partial charge in [0.2, 0.25) is 5.91 Å². The summed E-state index contributed by atoms with van der Waals surface area (Å²) in [7, 11) is 0. The number of hydrogen-bond donors (Lipinski definition) is 0. The zero-order chi connectivity index (χ0) is 19.5. The van der Waals surface area contributed by atoms with E-state index in [9.17, 15) is 9.59 Å². The Kier molecular flexibility index (Phi) is 5.10. The molecule has 3 aromatic rings. The number of rotatable bonds is 4. The Bertz CT molecular complexity index is 982. The number of carbonyl (C=O) groups is 2. The third-order valence-electron chi connectivity index (χ3n) is 5.40. The van der Waals surface area contributed by atoms with E-state index in [1.165, 1.54) is 0 Å². The predicted molar refractivity (Wildman–Crippen MR) is 107 cm³/mol. The molecule has 4 rings (SSSR count). The molecule has 0 unspecified atom stereocenters.